The average molecular weight is 365 g/mol. The molecule has 2 aliphatic rings. The van der Waals surface area contributed by atoms with Crippen LogP contribution in [0.25, 0.3) is 0 Å². The Morgan fingerprint density at radius 1 is 1.15 bits per heavy atom. The fourth-order valence-corrected chi connectivity index (χ4v) is 3.53. The lowest BCUT2D eigenvalue weighted by molar-refractivity contribution is -0.128. The summed E-state index contributed by atoms with van der Waals surface area (Å²) in [7, 11) is 0. The Morgan fingerprint density at radius 2 is 1.96 bits per heavy atom. The summed E-state index contributed by atoms with van der Waals surface area (Å²) in [6.07, 6.45) is 0.790. The van der Waals surface area contributed by atoms with Gasteiger partial charge in [0.05, 0.1) is 13.0 Å². The molecule has 2 N–H and O–H groups in total. The van der Waals surface area contributed by atoms with Crippen LogP contribution in [0.15, 0.2) is 48.5 Å². The Morgan fingerprint density at radius 3 is 2.74 bits per heavy atom. The van der Waals surface area contributed by atoms with Crippen molar-refractivity contribution >= 4 is 23.2 Å². The summed E-state index contributed by atoms with van der Waals surface area (Å²) >= 11 is 0. The van der Waals surface area contributed by atoms with Gasteiger partial charge in [0, 0.05) is 31.0 Å². The number of fused-ring (bicyclic) bond motifs is 1. The second-order valence-corrected chi connectivity index (χ2v) is 6.85. The number of para-hydroxylation sites is 1. The van der Waals surface area contributed by atoms with Crippen molar-refractivity contribution in [2.24, 2.45) is 0 Å². The lowest BCUT2D eigenvalue weighted by Crippen LogP contribution is -2.45. The topological polar surface area (TPSA) is 70.7 Å². The molecule has 140 valence electrons. The number of benzene rings is 2. The quantitative estimate of drug-likeness (QED) is 0.866. The van der Waals surface area contributed by atoms with Gasteiger partial charge in [0.2, 0.25) is 5.91 Å². The number of hydrogen-bond acceptors (Lipinski definition) is 4. The molecule has 0 saturated carbocycles. The molecule has 2 heterocycles. The normalized spacial score (nSPS) is 18.8. The Balaban J connectivity index is 1.35. The van der Waals surface area contributed by atoms with E-state index < -0.39 is 6.10 Å². The van der Waals surface area contributed by atoms with Gasteiger partial charge in [0.25, 0.3) is 5.91 Å². The van der Waals surface area contributed by atoms with E-state index in [2.05, 4.69) is 16.7 Å². The second kappa shape index (κ2) is 7.90. The van der Waals surface area contributed by atoms with Gasteiger partial charge in [-0.15, -0.1) is 0 Å². The molecule has 0 spiro atoms. The number of nitrogens with one attached hydrogen (secondary N) is 2. The molecule has 4 rings (SSSR count). The zero-order valence-electron chi connectivity index (χ0n) is 15.1. The van der Waals surface area contributed by atoms with Crippen LogP contribution in [-0.2, 0) is 27.2 Å². The van der Waals surface area contributed by atoms with E-state index in [1.165, 1.54) is 5.56 Å². The predicted octanol–water partition coefficient (Wildman–Crippen LogP) is 1.75. The predicted molar refractivity (Wildman–Crippen MR) is 104 cm³/mol. The van der Waals surface area contributed by atoms with Gasteiger partial charge in [-0.1, -0.05) is 30.3 Å². The third-order valence-electron chi connectivity index (χ3n) is 4.99. The van der Waals surface area contributed by atoms with E-state index in [-0.39, 0.29) is 11.8 Å². The van der Waals surface area contributed by atoms with E-state index in [9.17, 15) is 9.59 Å². The van der Waals surface area contributed by atoms with Gasteiger partial charge in [-0.3, -0.25) is 9.59 Å². The van der Waals surface area contributed by atoms with Crippen molar-refractivity contribution < 1.29 is 14.3 Å². The molecule has 1 unspecified atom stereocenters. The molecule has 0 aromatic heterocycles. The van der Waals surface area contributed by atoms with Gasteiger partial charge in [-0.2, -0.15) is 0 Å². The number of nitrogens with zero attached hydrogens (tertiary/aromatic N) is 1. The van der Waals surface area contributed by atoms with Crippen molar-refractivity contribution in [3.05, 3.63) is 59.7 Å². The maximum absolute atomic E-state index is 12.7. The minimum atomic E-state index is -0.463. The van der Waals surface area contributed by atoms with Crippen molar-refractivity contribution in [2.75, 3.05) is 36.5 Å². The number of carbonyl (C=O) groups is 2. The second-order valence-electron chi connectivity index (χ2n) is 6.85. The van der Waals surface area contributed by atoms with Crippen LogP contribution in [0.2, 0.25) is 0 Å². The van der Waals surface area contributed by atoms with Gasteiger partial charge in [0.1, 0.15) is 6.10 Å². The molecule has 1 saturated heterocycles. The summed E-state index contributed by atoms with van der Waals surface area (Å²) < 4.78 is 5.45. The molecular weight excluding hydrogens is 342 g/mol. The standard InChI is InChI=1S/C21H23N3O3/c25-20(24-11-9-16-3-1-2-4-18(16)24)13-15-5-7-17(8-6-15)23-21(26)19-14-22-10-12-27-19/h1-8,19,22H,9-14H2,(H,23,26). The van der Waals surface area contributed by atoms with Crippen LogP contribution in [0.5, 0.6) is 0 Å². The molecule has 0 bridgehead atoms. The fourth-order valence-electron chi connectivity index (χ4n) is 3.53. The van der Waals surface area contributed by atoms with Crippen molar-refractivity contribution in [3.8, 4) is 0 Å². The first-order valence-electron chi connectivity index (χ1n) is 9.31. The van der Waals surface area contributed by atoms with E-state index in [1.54, 1.807) is 0 Å². The molecule has 0 radical (unpaired) electrons. The third-order valence-corrected chi connectivity index (χ3v) is 4.99. The number of carbonyl (C=O) groups excluding carboxylic acids is 2. The summed E-state index contributed by atoms with van der Waals surface area (Å²) in [5.41, 5.74) is 3.88. The molecular formula is C21H23N3O3. The van der Waals surface area contributed by atoms with Crippen molar-refractivity contribution in [1.29, 1.82) is 0 Å². The molecule has 0 aliphatic carbocycles. The van der Waals surface area contributed by atoms with Crippen LogP contribution in [-0.4, -0.2) is 44.2 Å². The van der Waals surface area contributed by atoms with Crippen LogP contribution in [0.3, 0.4) is 0 Å². The molecule has 1 atom stereocenters. The number of hydrogen-bond donors (Lipinski definition) is 2. The monoisotopic (exact) mass is 365 g/mol. The first-order valence-corrected chi connectivity index (χ1v) is 9.31. The summed E-state index contributed by atoms with van der Waals surface area (Å²) in [5.74, 6) is -0.0573. The van der Waals surface area contributed by atoms with Gasteiger partial charge >= 0.3 is 0 Å². The van der Waals surface area contributed by atoms with Crippen molar-refractivity contribution in [3.63, 3.8) is 0 Å². The minimum Gasteiger partial charge on any atom is -0.366 e. The minimum absolute atomic E-state index is 0.0958. The van der Waals surface area contributed by atoms with Crippen LogP contribution in [0, 0.1) is 0 Å². The maximum atomic E-state index is 12.7. The van der Waals surface area contributed by atoms with E-state index in [1.807, 2.05) is 47.4 Å². The maximum Gasteiger partial charge on any atom is 0.254 e. The highest BCUT2D eigenvalue weighted by Crippen LogP contribution is 2.28. The molecule has 1 fully saturated rings. The Bertz CT molecular complexity index is 829. The first kappa shape index (κ1) is 17.7. The largest absolute Gasteiger partial charge is 0.366 e. The van der Waals surface area contributed by atoms with Crippen LogP contribution >= 0.6 is 0 Å². The molecule has 2 amide bonds. The lowest BCUT2D eigenvalue weighted by atomic mass is 10.1. The smallest absolute Gasteiger partial charge is 0.254 e. The highest BCUT2D eigenvalue weighted by atomic mass is 16.5. The third kappa shape index (κ3) is 4.02. The number of amides is 2. The number of ether oxygens (including phenoxy) is 1. The van der Waals surface area contributed by atoms with Crippen molar-refractivity contribution in [1.82, 2.24) is 5.32 Å². The molecule has 6 heteroatoms. The van der Waals surface area contributed by atoms with Crippen LogP contribution < -0.4 is 15.5 Å². The fraction of sp³-hybridized carbons (Fsp3) is 0.333. The molecule has 2 aromatic rings. The SMILES string of the molecule is O=C(Nc1ccc(CC(=O)N2CCc3ccccc32)cc1)C1CNCCO1. The van der Waals surface area contributed by atoms with E-state index in [4.69, 9.17) is 4.74 Å². The Labute approximate surface area is 158 Å². The average Bonchev–Trinajstić information content (AvgIpc) is 3.14. The molecule has 27 heavy (non-hydrogen) atoms. The molecule has 6 nitrogen and oxygen atoms in total. The first-order chi connectivity index (χ1) is 13.2. The van der Waals surface area contributed by atoms with Crippen molar-refractivity contribution in [2.45, 2.75) is 18.9 Å². The summed E-state index contributed by atoms with van der Waals surface area (Å²) in [4.78, 5) is 26.7. The summed E-state index contributed by atoms with van der Waals surface area (Å²) in [6.45, 7) is 2.57. The van der Waals surface area contributed by atoms with E-state index in [0.717, 1.165) is 30.8 Å². The summed E-state index contributed by atoms with van der Waals surface area (Å²) in [5, 5.41) is 6.00. The summed E-state index contributed by atoms with van der Waals surface area (Å²) in [6, 6.07) is 15.5. The van der Waals surface area contributed by atoms with Crippen LogP contribution in [0.1, 0.15) is 11.1 Å². The number of rotatable bonds is 4. The highest BCUT2D eigenvalue weighted by molar-refractivity contribution is 5.97. The zero-order chi connectivity index (χ0) is 18.6. The highest BCUT2D eigenvalue weighted by Gasteiger charge is 2.24. The van der Waals surface area contributed by atoms with Gasteiger partial charge < -0.3 is 20.3 Å². The zero-order valence-corrected chi connectivity index (χ0v) is 15.1. The van der Waals surface area contributed by atoms with Gasteiger partial charge in [-0.25, -0.2) is 0 Å². The number of morpholine rings is 1. The van der Waals surface area contributed by atoms with Gasteiger partial charge in [0.15, 0.2) is 0 Å². The van der Waals surface area contributed by atoms with Crippen LogP contribution in [0.4, 0.5) is 11.4 Å². The van der Waals surface area contributed by atoms with Gasteiger partial charge in [-0.05, 0) is 35.7 Å². The lowest BCUT2D eigenvalue weighted by Gasteiger charge is -2.22. The van der Waals surface area contributed by atoms with E-state index >= 15 is 0 Å². The Kier molecular flexibility index (Phi) is 5.18. The number of anilines is 2. The molecule has 2 aliphatic heterocycles. The van der Waals surface area contributed by atoms with E-state index in [0.29, 0.717) is 25.3 Å². The Hall–Kier alpha value is -2.70. The molecule has 2 aromatic carbocycles.